The number of nitrogen functional groups attached to an aromatic ring is 2. The molecule has 8 nitrogen and oxygen atoms in total. The minimum atomic E-state index is -0.0435. The topological polar surface area (TPSA) is 146 Å². The fourth-order valence-electron chi connectivity index (χ4n) is 4.99. The van der Waals surface area contributed by atoms with Gasteiger partial charge in [-0.1, -0.05) is 59.1 Å². The monoisotopic (exact) mass is 810 g/mol. The minimum absolute atomic E-state index is 0. The summed E-state index contributed by atoms with van der Waals surface area (Å²) in [4.78, 5) is 24.1. The van der Waals surface area contributed by atoms with Crippen molar-refractivity contribution in [1.82, 2.24) is 0 Å². The summed E-state index contributed by atoms with van der Waals surface area (Å²) >= 11 is 3.29. The number of hydrogen-bond acceptors (Lipinski definition) is 8. The average molecular weight is 811 g/mol. The molecule has 12 heteroatoms. The van der Waals surface area contributed by atoms with Crippen molar-refractivity contribution >= 4 is 90.4 Å². The molecule has 0 amide bonds. The lowest BCUT2D eigenvalue weighted by molar-refractivity contribution is -0.642. The molecule has 0 aliphatic heterocycles. The van der Waals surface area contributed by atoms with Gasteiger partial charge in [-0.05, 0) is 71.8 Å². The van der Waals surface area contributed by atoms with Crippen LogP contribution < -0.4 is 68.5 Å². The number of hydrogen-bond donors (Lipinski definition) is 4. The number of anilines is 2. The highest BCUT2D eigenvalue weighted by molar-refractivity contribution is 7.19. The van der Waals surface area contributed by atoms with Crippen LogP contribution in [0.5, 0.6) is 0 Å². The molecule has 4 aromatic carbocycles. The zero-order valence-corrected chi connectivity index (χ0v) is 30.9. The molecule has 0 fully saturated rings. The summed E-state index contributed by atoms with van der Waals surface area (Å²) in [6.45, 7) is 0.0388. The minimum Gasteiger partial charge on any atom is -1.00 e. The number of aryl methyl sites for hydroxylation is 2. The number of ketones is 2. The number of benzene rings is 4. The lowest BCUT2D eigenvalue weighted by Gasteiger charge is -1.97. The van der Waals surface area contributed by atoms with E-state index < -0.39 is 0 Å². The maximum Gasteiger partial charge on any atom is 0.262 e. The van der Waals surface area contributed by atoms with Crippen LogP contribution in [0.15, 0.2) is 84.9 Å². The van der Waals surface area contributed by atoms with Crippen molar-refractivity contribution in [2.75, 3.05) is 24.6 Å². The van der Waals surface area contributed by atoms with Crippen LogP contribution in [0.1, 0.15) is 41.9 Å². The van der Waals surface area contributed by atoms with E-state index in [4.69, 9.17) is 22.9 Å². The van der Waals surface area contributed by atoms with Crippen molar-refractivity contribution in [2.45, 2.75) is 0 Å². The van der Waals surface area contributed by atoms with Crippen LogP contribution in [0.2, 0.25) is 0 Å². The molecule has 0 atom stereocenters. The van der Waals surface area contributed by atoms with Gasteiger partial charge < -0.3 is 59.3 Å². The molecule has 248 valence electrons. The van der Waals surface area contributed by atoms with E-state index in [1.807, 2.05) is 132 Å². The summed E-state index contributed by atoms with van der Waals surface area (Å²) in [6, 6.07) is 26.9. The summed E-state index contributed by atoms with van der Waals surface area (Å²) in [5, 5.41) is 2.13. The molecule has 48 heavy (non-hydrogen) atoms. The third-order valence-corrected chi connectivity index (χ3v) is 9.78. The number of fused-ring (bicyclic) bond motifs is 2. The predicted molar refractivity (Wildman–Crippen MR) is 192 cm³/mol. The van der Waals surface area contributed by atoms with Gasteiger partial charge in [0.2, 0.25) is 11.0 Å². The van der Waals surface area contributed by atoms with Crippen molar-refractivity contribution in [3.05, 3.63) is 117 Å². The smallest absolute Gasteiger partial charge is 0.262 e. The normalized spacial score (nSPS) is 10.9. The summed E-state index contributed by atoms with van der Waals surface area (Å²) in [5.41, 5.74) is 29.3. The van der Waals surface area contributed by atoms with Crippen LogP contribution >= 0.6 is 22.7 Å². The number of para-hydroxylation sites is 2. The van der Waals surface area contributed by atoms with Gasteiger partial charge in [-0.25, -0.2) is 0 Å². The van der Waals surface area contributed by atoms with Gasteiger partial charge in [-0.2, -0.15) is 9.13 Å². The Kier molecular flexibility index (Phi) is 14.0. The van der Waals surface area contributed by atoms with Gasteiger partial charge in [-0.3, -0.25) is 9.59 Å². The lowest BCUT2D eigenvalue weighted by atomic mass is 10.1. The number of carbonyl (C=O) groups is 2. The first-order valence-electron chi connectivity index (χ1n) is 14.6. The Balaban J connectivity index is 0.000000250. The van der Waals surface area contributed by atoms with Gasteiger partial charge in [0.05, 0.1) is 24.2 Å². The zero-order valence-electron chi connectivity index (χ0n) is 26.4. The average Bonchev–Trinajstić information content (AvgIpc) is 3.58. The van der Waals surface area contributed by atoms with E-state index >= 15 is 0 Å². The first-order valence-corrected chi connectivity index (χ1v) is 16.2. The maximum atomic E-state index is 12.0. The van der Waals surface area contributed by atoms with Crippen molar-refractivity contribution in [2.24, 2.45) is 25.6 Å². The zero-order chi connectivity index (χ0) is 32.8. The van der Waals surface area contributed by atoms with Crippen LogP contribution in [0, 0.1) is 0 Å². The predicted octanol–water partition coefficient (Wildman–Crippen LogP) is -0.752. The standard InChI is InChI=1S/2C18H17N3OS.ClH.HI/c2*1-21-17(10-7-12-5-8-13(20)9-6-12)23-16-4-2-3-14(18(16)21)15(22)11-19;;/h2*2-10,20H,11,19H2,1H3;2*1H. The Labute approximate surface area is 310 Å². The van der Waals surface area contributed by atoms with E-state index in [1.165, 1.54) is 0 Å². The third kappa shape index (κ3) is 8.73. The molecule has 0 bridgehead atoms. The number of thiazole rings is 2. The van der Waals surface area contributed by atoms with E-state index in [1.54, 1.807) is 22.7 Å². The fourth-order valence-corrected chi connectivity index (χ4v) is 7.15. The Bertz CT molecular complexity index is 1950. The van der Waals surface area contributed by atoms with Crippen molar-refractivity contribution < 1.29 is 55.1 Å². The SMILES string of the molecule is C[n+]1c(C=Cc2ccc(N)cc2)sc2cccc(C(=O)CN)c21.C[n+]1c(C=Cc2ccc(N)cc2)sc2cccc(C(=O)CN)c21.[Cl-].[I-]. The van der Waals surface area contributed by atoms with E-state index in [2.05, 4.69) is 0 Å². The van der Waals surface area contributed by atoms with E-state index in [-0.39, 0.29) is 61.0 Å². The number of aromatic nitrogens is 2. The number of nitrogens with two attached hydrogens (primary N) is 4. The van der Waals surface area contributed by atoms with E-state index in [0.29, 0.717) is 11.1 Å². The second-order valence-electron chi connectivity index (χ2n) is 10.6. The Morgan fingerprint density at radius 3 is 1.29 bits per heavy atom. The molecule has 6 aromatic rings. The van der Waals surface area contributed by atoms with E-state index in [0.717, 1.165) is 53.0 Å². The molecule has 6 rings (SSSR count). The van der Waals surface area contributed by atoms with Crippen LogP contribution in [-0.2, 0) is 14.1 Å². The van der Waals surface area contributed by atoms with Crippen molar-refractivity contribution in [3.63, 3.8) is 0 Å². The quantitative estimate of drug-likeness (QED) is 0.0690. The molecule has 0 aliphatic carbocycles. The van der Waals surface area contributed by atoms with Crippen LogP contribution in [-0.4, -0.2) is 24.7 Å². The van der Waals surface area contributed by atoms with Gasteiger partial charge in [0.1, 0.15) is 23.5 Å². The molecule has 0 saturated heterocycles. The van der Waals surface area contributed by atoms with Gasteiger partial charge in [-0.15, -0.1) is 0 Å². The summed E-state index contributed by atoms with van der Waals surface area (Å²) in [6.07, 6.45) is 8.17. The van der Waals surface area contributed by atoms with Gasteiger partial charge >= 0.3 is 0 Å². The van der Waals surface area contributed by atoms with Crippen LogP contribution in [0.25, 0.3) is 44.7 Å². The third-order valence-electron chi connectivity index (χ3n) is 7.44. The second kappa shape index (κ2) is 17.4. The lowest BCUT2D eigenvalue weighted by Crippen LogP contribution is -3.00. The van der Waals surface area contributed by atoms with Gasteiger partial charge in [0, 0.05) is 23.5 Å². The molecule has 0 radical (unpaired) electrons. The molecule has 0 aliphatic rings. The number of halogens is 2. The Morgan fingerprint density at radius 2 is 0.958 bits per heavy atom. The molecule has 8 N–H and O–H groups in total. The summed E-state index contributed by atoms with van der Waals surface area (Å²) in [5.74, 6) is -0.0869. The molecular weight excluding hydrogens is 775 g/mol. The molecule has 0 saturated carbocycles. The molecule has 2 aromatic heterocycles. The van der Waals surface area contributed by atoms with E-state index in [9.17, 15) is 9.59 Å². The summed E-state index contributed by atoms with van der Waals surface area (Å²) in [7, 11) is 3.93. The molecular formula is C36H36ClIN6O2S2. The number of carbonyl (C=O) groups excluding carboxylic acids is 2. The highest BCUT2D eigenvalue weighted by atomic mass is 127. The molecule has 2 heterocycles. The molecule has 0 spiro atoms. The highest BCUT2D eigenvalue weighted by Crippen LogP contribution is 2.26. The van der Waals surface area contributed by atoms with Gasteiger partial charge in [0.25, 0.3) is 10.0 Å². The second-order valence-corrected chi connectivity index (χ2v) is 12.7. The number of Topliss-reactive ketones (excluding diaryl/α,β-unsaturated/α-hetero) is 2. The van der Waals surface area contributed by atoms with Crippen LogP contribution in [0.4, 0.5) is 11.4 Å². The van der Waals surface area contributed by atoms with Gasteiger partial charge in [0.15, 0.2) is 11.6 Å². The molecule has 0 unspecified atom stereocenters. The first kappa shape index (κ1) is 38.5. The largest absolute Gasteiger partial charge is 1.00 e. The first-order chi connectivity index (χ1) is 22.2. The maximum absolute atomic E-state index is 12.0. The van der Waals surface area contributed by atoms with Crippen molar-refractivity contribution in [3.8, 4) is 0 Å². The number of rotatable bonds is 8. The van der Waals surface area contributed by atoms with Crippen molar-refractivity contribution in [1.29, 1.82) is 0 Å². The Hall–Kier alpha value is -3.98. The fraction of sp³-hybridized carbons (Fsp3) is 0.111. The Morgan fingerprint density at radius 1 is 0.604 bits per heavy atom. The van der Waals surface area contributed by atoms with Crippen LogP contribution in [0.3, 0.4) is 0 Å². The highest BCUT2D eigenvalue weighted by Gasteiger charge is 2.22. The summed E-state index contributed by atoms with van der Waals surface area (Å²) < 4.78 is 6.22. The number of nitrogens with zero attached hydrogens (tertiary/aromatic N) is 2.